The summed E-state index contributed by atoms with van der Waals surface area (Å²) in [6.45, 7) is 4.60. The molecule has 0 aliphatic carbocycles. The summed E-state index contributed by atoms with van der Waals surface area (Å²) in [6, 6.07) is 7.85. The molecule has 0 aliphatic rings. The van der Waals surface area contributed by atoms with Crippen molar-refractivity contribution in [1.29, 1.82) is 0 Å². The van der Waals surface area contributed by atoms with Gasteiger partial charge in [0, 0.05) is 30.1 Å². The topological polar surface area (TPSA) is 108 Å². The van der Waals surface area contributed by atoms with E-state index < -0.39 is 0 Å². The van der Waals surface area contributed by atoms with E-state index in [2.05, 4.69) is 44.4 Å². The second-order valence-corrected chi connectivity index (χ2v) is 7.36. The summed E-state index contributed by atoms with van der Waals surface area (Å²) in [6.07, 6.45) is 7.22. The molecule has 0 unspecified atom stereocenters. The molecule has 0 aromatic carbocycles. The first kappa shape index (κ1) is 18.9. The maximum absolute atomic E-state index is 5.23. The Labute approximate surface area is 177 Å². The summed E-state index contributed by atoms with van der Waals surface area (Å²) in [7, 11) is 1.61. The largest absolute Gasteiger partial charge is 0.495 e. The first-order valence-corrected chi connectivity index (χ1v) is 9.91. The number of aromatic nitrogens is 8. The van der Waals surface area contributed by atoms with Gasteiger partial charge in [-0.3, -0.25) is 9.67 Å². The van der Waals surface area contributed by atoms with Crippen LogP contribution in [0, 0.1) is 0 Å². The van der Waals surface area contributed by atoms with Gasteiger partial charge in [-0.2, -0.15) is 14.7 Å². The summed E-state index contributed by atoms with van der Waals surface area (Å²) in [5.74, 6) is 1.35. The number of rotatable bonds is 6. The van der Waals surface area contributed by atoms with Crippen molar-refractivity contribution >= 4 is 22.4 Å². The third kappa shape index (κ3) is 3.52. The maximum Gasteiger partial charge on any atom is 0.178 e. The summed E-state index contributed by atoms with van der Waals surface area (Å²) in [5.41, 5.74) is 4.79. The van der Waals surface area contributed by atoms with Crippen molar-refractivity contribution in [2.75, 3.05) is 12.4 Å². The average Bonchev–Trinajstić information content (AvgIpc) is 3.44. The zero-order valence-corrected chi connectivity index (χ0v) is 17.4. The van der Waals surface area contributed by atoms with E-state index in [9.17, 15) is 0 Å². The number of hydrogen-bond acceptors (Lipinski definition) is 8. The standard InChI is InChI=1S/C21H21N9O/c1-13(2)29-12-14(9-25-29)16-4-5-19-26-27-20(30(19)28-16)11-23-17-6-7-22-18-8-15(31-3)10-24-21(17)18/h4-10,12-13H,11H2,1-3H3,(H,22,23). The van der Waals surface area contributed by atoms with Crippen molar-refractivity contribution in [2.24, 2.45) is 0 Å². The molecule has 5 aromatic heterocycles. The second-order valence-electron chi connectivity index (χ2n) is 7.36. The lowest BCUT2D eigenvalue weighted by atomic mass is 10.2. The van der Waals surface area contributed by atoms with Gasteiger partial charge >= 0.3 is 0 Å². The minimum atomic E-state index is 0.288. The predicted octanol–water partition coefficient (Wildman–Crippen LogP) is 3.13. The first-order valence-electron chi connectivity index (χ1n) is 9.91. The molecule has 156 valence electrons. The summed E-state index contributed by atoms with van der Waals surface area (Å²) in [5, 5.41) is 21.0. The Bertz CT molecular complexity index is 1370. The highest BCUT2D eigenvalue weighted by Gasteiger charge is 2.12. The number of nitrogens with one attached hydrogen (secondary N) is 1. The lowest BCUT2D eigenvalue weighted by Crippen LogP contribution is -2.07. The van der Waals surface area contributed by atoms with Gasteiger partial charge in [-0.05, 0) is 32.0 Å². The van der Waals surface area contributed by atoms with Crippen molar-refractivity contribution in [1.82, 2.24) is 39.6 Å². The summed E-state index contributed by atoms with van der Waals surface area (Å²) >= 11 is 0. The Morgan fingerprint density at radius 2 is 2.00 bits per heavy atom. The molecular weight excluding hydrogens is 394 g/mol. The SMILES string of the molecule is COc1cnc2c(NCc3nnc4ccc(-c5cnn(C(C)C)c5)nn34)ccnc2c1. The number of fused-ring (bicyclic) bond motifs is 2. The minimum absolute atomic E-state index is 0.288. The first-order chi connectivity index (χ1) is 15.1. The molecule has 0 bridgehead atoms. The number of methoxy groups -OCH3 is 1. The van der Waals surface area contributed by atoms with Gasteiger partial charge in [0.15, 0.2) is 11.5 Å². The fraction of sp³-hybridized carbons (Fsp3) is 0.238. The van der Waals surface area contributed by atoms with Crippen LogP contribution in [0.1, 0.15) is 25.7 Å². The smallest absolute Gasteiger partial charge is 0.178 e. The fourth-order valence-electron chi connectivity index (χ4n) is 3.29. The van der Waals surface area contributed by atoms with Crippen LogP contribution in [-0.2, 0) is 6.54 Å². The average molecular weight is 415 g/mol. The Balaban J connectivity index is 1.44. The molecule has 0 amide bonds. The van der Waals surface area contributed by atoms with Gasteiger partial charge in [0.1, 0.15) is 11.3 Å². The van der Waals surface area contributed by atoms with Gasteiger partial charge < -0.3 is 10.1 Å². The van der Waals surface area contributed by atoms with Crippen LogP contribution in [0.4, 0.5) is 5.69 Å². The van der Waals surface area contributed by atoms with Gasteiger partial charge in [-0.25, -0.2) is 4.98 Å². The zero-order chi connectivity index (χ0) is 21.4. The van der Waals surface area contributed by atoms with Crippen molar-refractivity contribution in [2.45, 2.75) is 26.4 Å². The highest BCUT2D eigenvalue weighted by Crippen LogP contribution is 2.23. The third-order valence-corrected chi connectivity index (χ3v) is 4.98. The van der Waals surface area contributed by atoms with E-state index in [1.165, 1.54) is 0 Å². The van der Waals surface area contributed by atoms with Crippen LogP contribution in [0.2, 0.25) is 0 Å². The van der Waals surface area contributed by atoms with E-state index in [0.29, 0.717) is 23.8 Å². The predicted molar refractivity (Wildman–Crippen MR) is 116 cm³/mol. The van der Waals surface area contributed by atoms with Crippen molar-refractivity contribution in [3.8, 4) is 17.0 Å². The normalized spacial score (nSPS) is 11.5. The van der Waals surface area contributed by atoms with Gasteiger partial charge in [0.05, 0.1) is 42.9 Å². The maximum atomic E-state index is 5.23. The zero-order valence-electron chi connectivity index (χ0n) is 17.4. The number of anilines is 1. The second kappa shape index (κ2) is 7.63. The number of hydrogen-bond donors (Lipinski definition) is 1. The molecule has 0 saturated carbocycles. The van der Waals surface area contributed by atoms with Gasteiger partial charge in [0.25, 0.3) is 0 Å². The molecular formula is C21H21N9O. The van der Waals surface area contributed by atoms with Crippen molar-refractivity contribution in [3.63, 3.8) is 0 Å². The van der Waals surface area contributed by atoms with Crippen LogP contribution >= 0.6 is 0 Å². The Morgan fingerprint density at radius 1 is 1.10 bits per heavy atom. The number of pyridine rings is 2. The third-order valence-electron chi connectivity index (χ3n) is 4.98. The molecule has 0 spiro atoms. The van der Waals surface area contributed by atoms with Gasteiger partial charge in [-0.15, -0.1) is 10.2 Å². The van der Waals surface area contributed by atoms with E-state index in [4.69, 9.17) is 9.84 Å². The summed E-state index contributed by atoms with van der Waals surface area (Å²) < 4.78 is 8.89. The van der Waals surface area contributed by atoms with Crippen molar-refractivity contribution < 1.29 is 4.74 Å². The summed E-state index contributed by atoms with van der Waals surface area (Å²) in [4.78, 5) is 8.84. The van der Waals surface area contributed by atoms with E-state index in [-0.39, 0.29) is 6.04 Å². The molecule has 5 heterocycles. The van der Waals surface area contributed by atoms with Crippen LogP contribution in [0.5, 0.6) is 5.75 Å². The Hall–Kier alpha value is -4.08. The number of ether oxygens (including phenoxy) is 1. The number of nitrogens with zero attached hydrogens (tertiary/aromatic N) is 8. The van der Waals surface area contributed by atoms with E-state index >= 15 is 0 Å². The van der Waals surface area contributed by atoms with Gasteiger partial charge in [0.2, 0.25) is 0 Å². The molecule has 0 fully saturated rings. The Morgan fingerprint density at radius 3 is 2.81 bits per heavy atom. The van der Waals surface area contributed by atoms with Gasteiger partial charge in [-0.1, -0.05) is 0 Å². The molecule has 5 aromatic rings. The van der Waals surface area contributed by atoms with Crippen LogP contribution in [-0.4, -0.2) is 46.7 Å². The molecule has 0 atom stereocenters. The molecule has 5 rings (SSSR count). The monoisotopic (exact) mass is 415 g/mol. The fourth-order valence-corrected chi connectivity index (χ4v) is 3.29. The minimum Gasteiger partial charge on any atom is -0.495 e. The lowest BCUT2D eigenvalue weighted by molar-refractivity contribution is 0.413. The van der Waals surface area contributed by atoms with E-state index in [0.717, 1.165) is 28.0 Å². The Kier molecular flexibility index (Phi) is 4.66. The van der Waals surface area contributed by atoms with Crippen LogP contribution in [0.3, 0.4) is 0 Å². The lowest BCUT2D eigenvalue weighted by Gasteiger charge is -2.09. The molecule has 0 radical (unpaired) electrons. The van der Waals surface area contributed by atoms with E-state index in [1.807, 2.05) is 41.3 Å². The molecule has 1 N–H and O–H groups in total. The molecule has 0 aliphatic heterocycles. The van der Waals surface area contributed by atoms with Crippen LogP contribution in [0.25, 0.3) is 27.9 Å². The molecule has 10 heteroatoms. The molecule has 31 heavy (non-hydrogen) atoms. The quantitative estimate of drug-likeness (QED) is 0.451. The van der Waals surface area contributed by atoms with Crippen LogP contribution in [0.15, 0.2) is 49.1 Å². The molecule has 0 saturated heterocycles. The highest BCUT2D eigenvalue weighted by molar-refractivity contribution is 5.87. The van der Waals surface area contributed by atoms with Crippen molar-refractivity contribution in [3.05, 3.63) is 54.9 Å². The highest BCUT2D eigenvalue weighted by atomic mass is 16.5. The van der Waals surface area contributed by atoms with E-state index in [1.54, 1.807) is 24.0 Å². The van der Waals surface area contributed by atoms with Crippen LogP contribution < -0.4 is 10.1 Å². The molecule has 10 nitrogen and oxygen atoms in total.